The van der Waals surface area contributed by atoms with E-state index in [1.807, 2.05) is 35.0 Å². The minimum absolute atomic E-state index is 0.147. The van der Waals surface area contributed by atoms with Crippen LogP contribution in [0.4, 0.5) is 5.69 Å². The number of rotatable bonds is 9. The van der Waals surface area contributed by atoms with E-state index < -0.39 is 0 Å². The van der Waals surface area contributed by atoms with E-state index in [1.165, 1.54) is 18.9 Å². The fraction of sp³-hybridized carbons (Fsp3) is 0.227. The first kappa shape index (κ1) is 22.2. The van der Waals surface area contributed by atoms with Gasteiger partial charge in [0.15, 0.2) is 11.0 Å². The summed E-state index contributed by atoms with van der Waals surface area (Å²) >= 11 is 7.35. The third-order valence-corrected chi connectivity index (χ3v) is 6.04. The van der Waals surface area contributed by atoms with Gasteiger partial charge in [0, 0.05) is 34.8 Å². The summed E-state index contributed by atoms with van der Waals surface area (Å²) in [7, 11) is 3.19. The molecular weight excluding hydrogens is 450 g/mol. The Morgan fingerprint density at radius 1 is 1.22 bits per heavy atom. The molecule has 0 aliphatic heterocycles. The van der Waals surface area contributed by atoms with Crippen molar-refractivity contribution in [3.63, 3.8) is 0 Å². The van der Waals surface area contributed by atoms with Crippen molar-refractivity contribution in [2.75, 3.05) is 31.9 Å². The Morgan fingerprint density at radius 2 is 2.06 bits per heavy atom. The number of nitrogens with zero attached hydrogens (tertiary/aromatic N) is 3. The highest BCUT2D eigenvalue weighted by Gasteiger charge is 2.18. The van der Waals surface area contributed by atoms with Crippen LogP contribution in [0, 0.1) is 0 Å². The second-order valence-corrected chi connectivity index (χ2v) is 8.26. The van der Waals surface area contributed by atoms with Crippen molar-refractivity contribution in [1.29, 1.82) is 0 Å². The molecule has 2 aromatic heterocycles. The molecule has 2 N–H and O–H groups in total. The first-order chi connectivity index (χ1) is 15.6. The van der Waals surface area contributed by atoms with Crippen LogP contribution in [0.1, 0.15) is 0 Å². The lowest BCUT2D eigenvalue weighted by molar-refractivity contribution is -0.113. The molecule has 8 nitrogen and oxygen atoms in total. The van der Waals surface area contributed by atoms with Gasteiger partial charge >= 0.3 is 0 Å². The van der Waals surface area contributed by atoms with E-state index >= 15 is 0 Å². The zero-order valence-electron chi connectivity index (χ0n) is 17.6. The normalized spacial score (nSPS) is 11.1. The molecule has 2 aromatic carbocycles. The maximum atomic E-state index is 12.6. The Kier molecular flexibility index (Phi) is 6.99. The number of aromatic amines is 1. The van der Waals surface area contributed by atoms with E-state index in [0.717, 1.165) is 22.3 Å². The maximum Gasteiger partial charge on any atom is 0.234 e. The number of ether oxygens (including phenoxy) is 2. The largest absolute Gasteiger partial charge is 0.495 e. The summed E-state index contributed by atoms with van der Waals surface area (Å²) < 4.78 is 12.5. The molecule has 0 saturated heterocycles. The lowest BCUT2D eigenvalue weighted by Crippen LogP contribution is -2.15. The third kappa shape index (κ3) is 4.74. The number of nitrogens with one attached hydrogen (secondary N) is 2. The van der Waals surface area contributed by atoms with Crippen LogP contribution < -0.4 is 10.1 Å². The van der Waals surface area contributed by atoms with Gasteiger partial charge in [0.05, 0.1) is 31.7 Å². The van der Waals surface area contributed by atoms with Gasteiger partial charge in [0.25, 0.3) is 0 Å². The van der Waals surface area contributed by atoms with Crippen LogP contribution in [0.25, 0.3) is 22.3 Å². The molecule has 0 spiro atoms. The van der Waals surface area contributed by atoms with Gasteiger partial charge in [-0.05, 0) is 24.3 Å². The summed E-state index contributed by atoms with van der Waals surface area (Å²) in [5, 5.41) is 13.8. The lowest BCUT2D eigenvalue weighted by atomic mass is 10.1. The summed E-state index contributed by atoms with van der Waals surface area (Å²) in [4.78, 5) is 15.8. The van der Waals surface area contributed by atoms with Crippen LogP contribution in [0.2, 0.25) is 5.02 Å². The number of thioether (sulfide) groups is 1. The fourth-order valence-electron chi connectivity index (χ4n) is 3.33. The first-order valence-electron chi connectivity index (χ1n) is 9.85. The third-order valence-electron chi connectivity index (χ3n) is 4.83. The molecule has 0 atom stereocenters. The number of hydrogen-bond donors (Lipinski definition) is 2. The predicted octanol–water partition coefficient (Wildman–Crippen LogP) is 4.47. The lowest BCUT2D eigenvalue weighted by Gasteiger charge is -2.11. The minimum Gasteiger partial charge on any atom is -0.495 e. The monoisotopic (exact) mass is 471 g/mol. The Labute approximate surface area is 194 Å². The summed E-state index contributed by atoms with van der Waals surface area (Å²) in [5.41, 5.74) is 2.49. The molecular formula is C22H22ClN5O3S. The van der Waals surface area contributed by atoms with Crippen molar-refractivity contribution in [3.8, 4) is 17.1 Å². The summed E-state index contributed by atoms with van der Waals surface area (Å²) in [6, 6.07) is 13.1. The SMILES string of the molecule is COCCn1c(SCC(=O)Nc2cc(Cl)ccc2OC)nnc1-c1c[nH]c2ccccc12. The Bertz CT molecular complexity index is 1240. The van der Waals surface area contributed by atoms with Crippen molar-refractivity contribution < 1.29 is 14.3 Å². The molecule has 1 amide bonds. The van der Waals surface area contributed by atoms with Gasteiger partial charge in [0.1, 0.15) is 5.75 Å². The molecule has 10 heteroatoms. The van der Waals surface area contributed by atoms with Gasteiger partial charge in [-0.15, -0.1) is 10.2 Å². The maximum absolute atomic E-state index is 12.6. The quantitative estimate of drug-likeness (QED) is 0.350. The number of carbonyl (C=O) groups is 1. The van der Waals surface area contributed by atoms with Gasteiger partial charge in [-0.1, -0.05) is 41.6 Å². The number of aromatic nitrogens is 4. The molecule has 0 radical (unpaired) electrons. The first-order valence-corrected chi connectivity index (χ1v) is 11.2. The standard InChI is InChI=1S/C22H22ClN5O3S/c1-30-10-9-28-21(16-12-24-17-6-4-3-5-15(16)17)26-27-22(28)32-13-20(29)25-18-11-14(23)7-8-19(18)31-2/h3-8,11-12,24H,9-10,13H2,1-2H3,(H,25,29). The van der Waals surface area contributed by atoms with Gasteiger partial charge < -0.3 is 19.8 Å². The van der Waals surface area contributed by atoms with Crippen molar-refractivity contribution in [2.45, 2.75) is 11.7 Å². The van der Waals surface area contributed by atoms with Gasteiger partial charge in [-0.3, -0.25) is 9.36 Å². The Hall–Kier alpha value is -3.01. The second-order valence-electron chi connectivity index (χ2n) is 6.88. The number of H-pyrrole nitrogens is 1. The number of benzene rings is 2. The van der Waals surface area contributed by atoms with Crippen LogP contribution >= 0.6 is 23.4 Å². The molecule has 166 valence electrons. The topological polar surface area (TPSA) is 94.1 Å². The number of fused-ring (bicyclic) bond motifs is 1. The van der Waals surface area contributed by atoms with Gasteiger partial charge in [-0.25, -0.2) is 0 Å². The van der Waals surface area contributed by atoms with Crippen LogP contribution in [0.5, 0.6) is 5.75 Å². The van der Waals surface area contributed by atoms with Gasteiger partial charge in [-0.2, -0.15) is 0 Å². The van der Waals surface area contributed by atoms with Crippen molar-refractivity contribution in [2.24, 2.45) is 0 Å². The highest BCUT2D eigenvalue weighted by molar-refractivity contribution is 7.99. The summed E-state index contributed by atoms with van der Waals surface area (Å²) in [5.74, 6) is 1.20. The highest BCUT2D eigenvalue weighted by Crippen LogP contribution is 2.31. The number of anilines is 1. The van der Waals surface area contributed by atoms with Crippen LogP contribution in [-0.2, 0) is 16.1 Å². The minimum atomic E-state index is -0.203. The van der Waals surface area contributed by atoms with Crippen LogP contribution in [0.15, 0.2) is 53.8 Å². The van der Waals surface area contributed by atoms with Crippen molar-refractivity contribution in [1.82, 2.24) is 19.7 Å². The molecule has 2 heterocycles. The summed E-state index contributed by atoms with van der Waals surface area (Å²) in [6.45, 7) is 1.05. The number of methoxy groups -OCH3 is 2. The Balaban J connectivity index is 1.54. The van der Waals surface area contributed by atoms with Crippen molar-refractivity contribution >= 4 is 45.9 Å². The number of halogens is 1. The predicted molar refractivity (Wildman–Crippen MR) is 127 cm³/mol. The van der Waals surface area contributed by atoms with Crippen LogP contribution in [0.3, 0.4) is 0 Å². The number of amides is 1. The summed E-state index contributed by atoms with van der Waals surface area (Å²) in [6.07, 6.45) is 1.92. The Morgan fingerprint density at radius 3 is 2.88 bits per heavy atom. The molecule has 0 aliphatic rings. The molecule has 0 bridgehead atoms. The van der Waals surface area contributed by atoms with Crippen LogP contribution in [-0.4, -0.2) is 52.2 Å². The zero-order valence-corrected chi connectivity index (χ0v) is 19.2. The smallest absolute Gasteiger partial charge is 0.234 e. The average molecular weight is 472 g/mol. The number of hydrogen-bond acceptors (Lipinski definition) is 6. The molecule has 32 heavy (non-hydrogen) atoms. The number of carbonyl (C=O) groups excluding carboxylic acids is 1. The average Bonchev–Trinajstić information content (AvgIpc) is 3.40. The fourth-order valence-corrected chi connectivity index (χ4v) is 4.27. The van der Waals surface area contributed by atoms with E-state index in [2.05, 4.69) is 20.5 Å². The molecule has 0 fully saturated rings. The molecule has 4 aromatic rings. The van der Waals surface area contributed by atoms with Gasteiger partial charge in [0.2, 0.25) is 5.91 Å². The van der Waals surface area contributed by atoms with E-state index in [-0.39, 0.29) is 11.7 Å². The van der Waals surface area contributed by atoms with E-state index in [1.54, 1.807) is 25.3 Å². The molecule has 0 aliphatic carbocycles. The van der Waals surface area contributed by atoms with E-state index in [4.69, 9.17) is 21.1 Å². The molecule has 4 rings (SSSR count). The number of para-hydroxylation sites is 1. The highest BCUT2D eigenvalue weighted by atomic mass is 35.5. The molecule has 0 saturated carbocycles. The molecule has 0 unspecified atom stereocenters. The van der Waals surface area contributed by atoms with Crippen molar-refractivity contribution in [3.05, 3.63) is 53.7 Å². The van der Waals surface area contributed by atoms with E-state index in [0.29, 0.717) is 34.8 Å². The van der Waals surface area contributed by atoms with E-state index in [9.17, 15) is 4.79 Å². The second kappa shape index (κ2) is 10.1. The zero-order chi connectivity index (χ0) is 22.5.